The van der Waals surface area contributed by atoms with Crippen molar-refractivity contribution in [2.75, 3.05) is 12.7 Å². The lowest BCUT2D eigenvalue weighted by molar-refractivity contribution is 0.183. The summed E-state index contributed by atoms with van der Waals surface area (Å²) >= 11 is 7.07. The van der Waals surface area contributed by atoms with Gasteiger partial charge in [-0.1, -0.05) is 17.7 Å². The topological polar surface area (TPSA) is 9.23 Å². The summed E-state index contributed by atoms with van der Waals surface area (Å²) < 4.78 is 4.98. The monoisotopic (exact) mass is 176 g/mol. The SMILES string of the molecule is ClCOCCc1cccs1. The van der Waals surface area contributed by atoms with E-state index in [1.54, 1.807) is 11.3 Å². The summed E-state index contributed by atoms with van der Waals surface area (Å²) in [4.78, 5) is 1.35. The molecule has 1 aromatic heterocycles. The van der Waals surface area contributed by atoms with Crippen LogP contribution in [0.1, 0.15) is 4.88 Å². The molecule has 1 heterocycles. The van der Waals surface area contributed by atoms with Gasteiger partial charge < -0.3 is 4.74 Å². The predicted molar refractivity (Wildman–Crippen MR) is 44.7 cm³/mol. The molecule has 3 heteroatoms. The highest BCUT2D eigenvalue weighted by Gasteiger charge is 1.91. The first-order valence-corrected chi connectivity index (χ1v) is 4.51. The Morgan fingerprint density at radius 2 is 2.50 bits per heavy atom. The van der Waals surface area contributed by atoms with E-state index in [1.165, 1.54) is 4.88 Å². The van der Waals surface area contributed by atoms with Crippen molar-refractivity contribution < 1.29 is 4.74 Å². The fourth-order valence-corrected chi connectivity index (χ4v) is 1.48. The summed E-state index contributed by atoms with van der Waals surface area (Å²) in [6, 6.07) is 4.44. The lowest BCUT2D eigenvalue weighted by Crippen LogP contribution is -1.93. The maximum atomic E-state index is 5.32. The summed E-state index contributed by atoms with van der Waals surface area (Å²) in [7, 11) is 0. The molecule has 56 valence electrons. The van der Waals surface area contributed by atoms with Crippen molar-refractivity contribution in [2.45, 2.75) is 6.42 Å². The third-order valence-corrected chi connectivity index (χ3v) is 2.24. The number of thiophene rings is 1. The Hall–Kier alpha value is -0.0500. The average molecular weight is 177 g/mol. The van der Waals surface area contributed by atoms with Crippen molar-refractivity contribution in [1.82, 2.24) is 0 Å². The zero-order chi connectivity index (χ0) is 7.23. The maximum Gasteiger partial charge on any atom is 0.120 e. The summed E-state index contributed by atoms with van der Waals surface area (Å²) in [5.41, 5.74) is 0. The van der Waals surface area contributed by atoms with E-state index in [4.69, 9.17) is 16.3 Å². The van der Waals surface area contributed by atoms with Crippen LogP contribution in [0.5, 0.6) is 0 Å². The predicted octanol–water partition coefficient (Wildman–Crippen LogP) is 2.50. The Bertz CT molecular complexity index is 162. The van der Waals surface area contributed by atoms with Crippen molar-refractivity contribution in [3.05, 3.63) is 22.4 Å². The minimum Gasteiger partial charge on any atom is -0.365 e. The first-order valence-electron chi connectivity index (χ1n) is 3.09. The molecule has 0 saturated heterocycles. The van der Waals surface area contributed by atoms with E-state index in [-0.39, 0.29) is 0 Å². The Morgan fingerprint density at radius 3 is 3.10 bits per heavy atom. The van der Waals surface area contributed by atoms with Crippen LogP contribution in [-0.2, 0) is 11.2 Å². The first-order chi connectivity index (χ1) is 4.93. The summed E-state index contributed by atoms with van der Waals surface area (Å²) in [5.74, 6) is 0. The molecule has 0 N–H and O–H groups in total. The van der Waals surface area contributed by atoms with Gasteiger partial charge in [0.2, 0.25) is 0 Å². The molecule has 1 nitrogen and oxygen atoms in total. The summed E-state index contributed by atoms with van der Waals surface area (Å²) in [6.07, 6.45) is 0.977. The summed E-state index contributed by atoms with van der Waals surface area (Å²) in [5, 5.41) is 2.07. The van der Waals surface area contributed by atoms with Crippen LogP contribution in [0.25, 0.3) is 0 Å². The van der Waals surface area contributed by atoms with E-state index in [9.17, 15) is 0 Å². The van der Waals surface area contributed by atoms with Crippen molar-refractivity contribution in [3.8, 4) is 0 Å². The molecule has 0 saturated carbocycles. The molecule has 0 aliphatic rings. The molecule has 1 rings (SSSR count). The molecule has 0 unspecified atom stereocenters. The second-order valence-electron chi connectivity index (χ2n) is 1.85. The third-order valence-electron chi connectivity index (χ3n) is 1.15. The van der Waals surface area contributed by atoms with Gasteiger partial charge in [0.05, 0.1) is 6.61 Å². The zero-order valence-electron chi connectivity index (χ0n) is 5.55. The number of rotatable bonds is 4. The highest BCUT2D eigenvalue weighted by atomic mass is 35.5. The zero-order valence-corrected chi connectivity index (χ0v) is 7.12. The molecule has 0 radical (unpaired) electrons. The molecule has 0 fully saturated rings. The van der Waals surface area contributed by atoms with Crippen LogP contribution in [0, 0.1) is 0 Å². The number of hydrogen-bond acceptors (Lipinski definition) is 2. The molecule has 0 aromatic carbocycles. The largest absolute Gasteiger partial charge is 0.365 e. The fraction of sp³-hybridized carbons (Fsp3) is 0.429. The van der Waals surface area contributed by atoms with Crippen LogP contribution in [0.4, 0.5) is 0 Å². The van der Waals surface area contributed by atoms with E-state index in [2.05, 4.69) is 11.4 Å². The molecule has 0 aliphatic carbocycles. The highest BCUT2D eigenvalue weighted by Crippen LogP contribution is 2.08. The van der Waals surface area contributed by atoms with Crippen LogP contribution >= 0.6 is 22.9 Å². The quantitative estimate of drug-likeness (QED) is 0.506. The number of alkyl halides is 1. The fourth-order valence-electron chi connectivity index (χ4n) is 0.682. The Balaban J connectivity index is 2.15. The number of halogens is 1. The van der Waals surface area contributed by atoms with Crippen molar-refractivity contribution >= 4 is 22.9 Å². The van der Waals surface area contributed by atoms with E-state index in [0.717, 1.165) is 13.0 Å². The minimum absolute atomic E-state index is 0.297. The summed E-state index contributed by atoms with van der Waals surface area (Å²) in [6.45, 7) is 0.726. The highest BCUT2D eigenvalue weighted by molar-refractivity contribution is 7.09. The van der Waals surface area contributed by atoms with Crippen LogP contribution < -0.4 is 0 Å². The second-order valence-corrected chi connectivity index (χ2v) is 3.10. The molecule has 0 atom stereocenters. The average Bonchev–Trinajstić information content (AvgIpc) is 2.41. The molecule has 0 spiro atoms. The smallest absolute Gasteiger partial charge is 0.120 e. The van der Waals surface area contributed by atoms with Gasteiger partial charge in [-0.15, -0.1) is 11.3 Å². The number of ether oxygens (including phenoxy) is 1. The van der Waals surface area contributed by atoms with Gasteiger partial charge in [0, 0.05) is 11.3 Å². The molecule has 0 amide bonds. The van der Waals surface area contributed by atoms with Crippen LogP contribution in [0.2, 0.25) is 0 Å². The van der Waals surface area contributed by atoms with Gasteiger partial charge >= 0.3 is 0 Å². The van der Waals surface area contributed by atoms with Gasteiger partial charge in [-0.2, -0.15) is 0 Å². The van der Waals surface area contributed by atoms with Gasteiger partial charge in [0.1, 0.15) is 6.07 Å². The molecule has 0 aliphatic heterocycles. The minimum atomic E-state index is 0.297. The Labute approximate surface area is 69.6 Å². The van der Waals surface area contributed by atoms with Crippen molar-refractivity contribution in [3.63, 3.8) is 0 Å². The third kappa shape index (κ3) is 2.69. The van der Waals surface area contributed by atoms with Crippen molar-refractivity contribution in [2.24, 2.45) is 0 Å². The van der Waals surface area contributed by atoms with Gasteiger partial charge in [-0.3, -0.25) is 0 Å². The molecular formula is C7H9ClOS. The maximum absolute atomic E-state index is 5.32. The Kier molecular flexibility index (Phi) is 3.80. The number of hydrogen-bond donors (Lipinski definition) is 0. The van der Waals surface area contributed by atoms with E-state index in [1.807, 2.05) is 6.07 Å². The van der Waals surface area contributed by atoms with E-state index >= 15 is 0 Å². The van der Waals surface area contributed by atoms with Crippen molar-refractivity contribution in [1.29, 1.82) is 0 Å². The van der Waals surface area contributed by atoms with Crippen LogP contribution in [0.15, 0.2) is 17.5 Å². The molecular weight excluding hydrogens is 168 g/mol. The standard InChI is InChI=1S/C7H9ClOS/c8-6-9-4-3-7-2-1-5-10-7/h1-2,5H,3-4,6H2. The molecule has 1 aromatic rings. The van der Waals surface area contributed by atoms with Gasteiger partial charge in [0.15, 0.2) is 0 Å². The second kappa shape index (κ2) is 4.72. The van der Waals surface area contributed by atoms with E-state index in [0.29, 0.717) is 6.07 Å². The van der Waals surface area contributed by atoms with Gasteiger partial charge in [-0.05, 0) is 11.4 Å². The molecule has 0 bridgehead atoms. The lowest BCUT2D eigenvalue weighted by atomic mass is 10.4. The lowest BCUT2D eigenvalue weighted by Gasteiger charge is -1.95. The van der Waals surface area contributed by atoms with Crippen LogP contribution in [0.3, 0.4) is 0 Å². The Morgan fingerprint density at radius 1 is 1.60 bits per heavy atom. The first kappa shape index (κ1) is 8.05. The normalized spacial score (nSPS) is 10.1. The van der Waals surface area contributed by atoms with E-state index < -0.39 is 0 Å². The molecule has 10 heavy (non-hydrogen) atoms. The van der Waals surface area contributed by atoms with Gasteiger partial charge in [0.25, 0.3) is 0 Å². The van der Waals surface area contributed by atoms with Crippen LogP contribution in [-0.4, -0.2) is 12.7 Å². The van der Waals surface area contributed by atoms with Gasteiger partial charge in [-0.25, -0.2) is 0 Å².